The summed E-state index contributed by atoms with van der Waals surface area (Å²) in [6.07, 6.45) is -0.174. The van der Waals surface area contributed by atoms with Gasteiger partial charge in [0.15, 0.2) is 0 Å². The minimum atomic E-state index is -1.11. The lowest BCUT2D eigenvalue weighted by Gasteiger charge is -2.17. The van der Waals surface area contributed by atoms with Crippen molar-refractivity contribution in [2.24, 2.45) is 0 Å². The minimum Gasteiger partial charge on any atom is -0.480 e. The second kappa shape index (κ2) is 8.29. The lowest BCUT2D eigenvalue weighted by atomic mass is 10.1. The van der Waals surface area contributed by atoms with Crippen LogP contribution >= 0.6 is 0 Å². The van der Waals surface area contributed by atoms with Crippen LogP contribution in [0, 0.1) is 0 Å². The van der Waals surface area contributed by atoms with Crippen LogP contribution in [0.15, 0.2) is 30.3 Å². The number of carbonyl (C=O) groups is 2. The molecule has 0 spiro atoms. The SMILES string of the molecule is C[C@@H](NC(=O)C[C@H](NCCO)C(=O)O)c1ccccc1. The van der Waals surface area contributed by atoms with Crippen LogP contribution in [0.3, 0.4) is 0 Å². The van der Waals surface area contributed by atoms with Gasteiger partial charge < -0.3 is 20.8 Å². The Morgan fingerprint density at radius 1 is 1.25 bits per heavy atom. The van der Waals surface area contributed by atoms with Gasteiger partial charge in [-0.2, -0.15) is 0 Å². The first-order valence-electron chi connectivity index (χ1n) is 6.46. The molecule has 1 aromatic carbocycles. The molecular weight excluding hydrogens is 260 g/mol. The van der Waals surface area contributed by atoms with Gasteiger partial charge in [-0.25, -0.2) is 0 Å². The Balaban J connectivity index is 2.51. The van der Waals surface area contributed by atoms with Gasteiger partial charge in [0.1, 0.15) is 6.04 Å². The lowest BCUT2D eigenvalue weighted by Crippen LogP contribution is -2.42. The van der Waals surface area contributed by atoms with Gasteiger partial charge in [-0.3, -0.25) is 9.59 Å². The number of hydrogen-bond donors (Lipinski definition) is 4. The first kappa shape index (κ1) is 16.1. The first-order chi connectivity index (χ1) is 9.54. The second-order valence-corrected chi connectivity index (χ2v) is 4.47. The zero-order valence-electron chi connectivity index (χ0n) is 11.4. The molecular formula is C14H20N2O4. The summed E-state index contributed by atoms with van der Waals surface area (Å²) in [6, 6.07) is 8.24. The number of benzene rings is 1. The molecule has 6 heteroatoms. The zero-order chi connectivity index (χ0) is 15.0. The summed E-state index contributed by atoms with van der Waals surface area (Å²) in [4.78, 5) is 22.8. The van der Waals surface area contributed by atoms with Crippen LogP contribution in [0.25, 0.3) is 0 Å². The van der Waals surface area contributed by atoms with Gasteiger partial charge in [-0.15, -0.1) is 0 Å². The predicted octanol–water partition coefficient (Wildman–Crippen LogP) is 0.289. The molecule has 0 aliphatic heterocycles. The number of amides is 1. The Bertz CT molecular complexity index is 436. The Labute approximate surface area is 117 Å². The largest absolute Gasteiger partial charge is 0.480 e. The number of carboxylic acids is 1. The summed E-state index contributed by atoms with van der Waals surface area (Å²) in [5, 5.41) is 23.0. The fraction of sp³-hybridized carbons (Fsp3) is 0.429. The topological polar surface area (TPSA) is 98.7 Å². The smallest absolute Gasteiger partial charge is 0.321 e. The van der Waals surface area contributed by atoms with Gasteiger partial charge in [0.05, 0.1) is 19.1 Å². The number of aliphatic hydroxyl groups is 1. The molecule has 0 heterocycles. The third-order valence-electron chi connectivity index (χ3n) is 2.87. The average molecular weight is 280 g/mol. The van der Waals surface area contributed by atoms with E-state index in [-0.39, 0.29) is 31.5 Å². The molecule has 2 atom stereocenters. The number of carbonyl (C=O) groups excluding carboxylic acids is 1. The molecule has 0 aliphatic rings. The van der Waals surface area contributed by atoms with Crippen LogP contribution < -0.4 is 10.6 Å². The van der Waals surface area contributed by atoms with Crippen molar-refractivity contribution in [2.45, 2.75) is 25.4 Å². The quantitative estimate of drug-likeness (QED) is 0.548. The highest BCUT2D eigenvalue weighted by atomic mass is 16.4. The van der Waals surface area contributed by atoms with E-state index in [1.165, 1.54) is 0 Å². The minimum absolute atomic E-state index is 0.137. The maximum Gasteiger partial charge on any atom is 0.321 e. The number of aliphatic carboxylic acids is 1. The fourth-order valence-electron chi connectivity index (χ4n) is 1.80. The monoisotopic (exact) mass is 280 g/mol. The van der Waals surface area contributed by atoms with Gasteiger partial charge >= 0.3 is 5.97 Å². The Morgan fingerprint density at radius 3 is 2.45 bits per heavy atom. The summed E-state index contributed by atoms with van der Waals surface area (Å²) in [5.74, 6) is -1.46. The summed E-state index contributed by atoms with van der Waals surface area (Å²) < 4.78 is 0. The van der Waals surface area contributed by atoms with Gasteiger partial charge in [-0.1, -0.05) is 30.3 Å². The number of hydrogen-bond acceptors (Lipinski definition) is 4. The number of rotatable bonds is 8. The molecule has 0 radical (unpaired) electrons. The van der Waals surface area contributed by atoms with Crippen molar-refractivity contribution < 1.29 is 19.8 Å². The van der Waals surface area contributed by atoms with Gasteiger partial charge in [0, 0.05) is 6.54 Å². The zero-order valence-corrected chi connectivity index (χ0v) is 11.4. The van der Waals surface area contributed by atoms with Crippen LogP contribution in [-0.4, -0.2) is 41.3 Å². The van der Waals surface area contributed by atoms with E-state index < -0.39 is 12.0 Å². The lowest BCUT2D eigenvalue weighted by molar-refractivity contribution is -0.141. The Hall–Kier alpha value is -1.92. The highest BCUT2D eigenvalue weighted by molar-refractivity contribution is 5.84. The average Bonchev–Trinajstić information content (AvgIpc) is 2.44. The second-order valence-electron chi connectivity index (χ2n) is 4.47. The third-order valence-corrected chi connectivity index (χ3v) is 2.87. The molecule has 0 unspecified atom stereocenters. The highest BCUT2D eigenvalue weighted by Crippen LogP contribution is 2.11. The van der Waals surface area contributed by atoms with E-state index in [9.17, 15) is 9.59 Å². The maximum atomic E-state index is 11.8. The molecule has 4 N–H and O–H groups in total. The molecule has 1 amide bonds. The van der Waals surface area contributed by atoms with E-state index in [1.54, 1.807) is 0 Å². The van der Waals surface area contributed by atoms with Crippen molar-refractivity contribution in [3.05, 3.63) is 35.9 Å². The molecule has 6 nitrogen and oxygen atoms in total. The van der Waals surface area contributed by atoms with E-state index in [1.807, 2.05) is 37.3 Å². The summed E-state index contributed by atoms with van der Waals surface area (Å²) in [7, 11) is 0. The van der Waals surface area contributed by atoms with Crippen LogP contribution in [0.4, 0.5) is 0 Å². The molecule has 0 aromatic heterocycles. The van der Waals surface area contributed by atoms with Crippen molar-refractivity contribution in [3.8, 4) is 0 Å². The standard InChI is InChI=1S/C14H20N2O4/c1-10(11-5-3-2-4-6-11)16-13(18)9-12(14(19)20)15-7-8-17/h2-6,10,12,15,17H,7-9H2,1H3,(H,16,18)(H,19,20)/t10-,12+/m1/s1. The maximum absolute atomic E-state index is 11.8. The predicted molar refractivity (Wildman–Crippen MR) is 74.1 cm³/mol. The fourth-order valence-corrected chi connectivity index (χ4v) is 1.80. The molecule has 20 heavy (non-hydrogen) atoms. The molecule has 0 aliphatic carbocycles. The Kier molecular flexibility index (Phi) is 6.69. The number of nitrogens with one attached hydrogen (secondary N) is 2. The Morgan fingerprint density at radius 2 is 1.90 bits per heavy atom. The first-order valence-corrected chi connectivity index (χ1v) is 6.46. The van der Waals surface area contributed by atoms with Crippen LogP contribution in [-0.2, 0) is 9.59 Å². The van der Waals surface area contributed by atoms with Crippen molar-refractivity contribution in [1.82, 2.24) is 10.6 Å². The third kappa shape index (κ3) is 5.38. The van der Waals surface area contributed by atoms with Crippen LogP contribution in [0.5, 0.6) is 0 Å². The van der Waals surface area contributed by atoms with E-state index in [0.29, 0.717) is 0 Å². The number of carboxylic acid groups (broad SMARTS) is 1. The highest BCUT2D eigenvalue weighted by Gasteiger charge is 2.21. The summed E-state index contributed by atoms with van der Waals surface area (Å²) >= 11 is 0. The molecule has 0 fully saturated rings. The van der Waals surface area contributed by atoms with Crippen molar-refractivity contribution in [2.75, 3.05) is 13.2 Å². The summed E-state index contributed by atoms with van der Waals surface area (Å²) in [6.45, 7) is 1.80. The van der Waals surface area contributed by atoms with E-state index in [2.05, 4.69) is 10.6 Å². The van der Waals surface area contributed by atoms with E-state index in [4.69, 9.17) is 10.2 Å². The normalized spacial score (nSPS) is 13.5. The summed E-state index contributed by atoms with van der Waals surface area (Å²) in [5.41, 5.74) is 0.955. The molecule has 1 rings (SSSR count). The van der Waals surface area contributed by atoms with Gasteiger partial charge in [0.25, 0.3) is 0 Å². The molecule has 1 aromatic rings. The van der Waals surface area contributed by atoms with E-state index in [0.717, 1.165) is 5.56 Å². The van der Waals surface area contributed by atoms with Crippen molar-refractivity contribution >= 4 is 11.9 Å². The van der Waals surface area contributed by atoms with E-state index >= 15 is 0 Å². The number of aliphatic hydroxyl groups excluding tert-OH is 1. The molecule has 0 saturated heterocycles. The van der Waals surface area contributed by atoms with Crippen molar-refractivity contribution in [1.29, 1.82) is 0 Å². The molecule has 0 saturated carbocycles. The van der Waals surface area contributed by atoms with Gasteiger partial charge in [0.2, 0.25) is 5.91 Å². The molecule has 110 valence electrons. The van der Waals surface area contributed by atoms with Crippen LogP contribution in [0.1, 0.15) is 24.9 Å². The molecule has 0 bridgehead atoms. The van der Waals surface area contributed by atoms with Crippen LogP contribution in [0.2, 0.25) is 0 Å². The van der Waals surface area contributed by atoms with Gasteiger partial charge in [-0.05, 0) is 12.5 Å². The van der Waals surface area contributed by atoms with Crippen molar-refractivity contribution in [3.63, 3.8) is 0 Å².